The Balaban J connectivity index is 2.09. The molecule has 0 radical (unpaired) electrons. The van der Waals surface area contributed by atoms with Crippen molar-refractivity contribution < 1.29 is 22.3 Å². The first kappa shape index (κ1) is 11.4. The van der Waals surface area contributed by atoms with E-state index in [1.54, 1.807) is 6.07 Å². The molecular weight excluding hydrogens is 224 g/mol. The van der Waals surface area contributed by atoms with Gasteiger partial charge in [0.2, 0.25) is 0 Å². The number of ether oxygens (including phenoxy) is 1. The maximum Gasteiger partial charge on any atom is 0.361 e. The van der Waals surface area contributed by atoms with Crippen LogP contribution in [-0.4, -0.2) is 12.7 Å². The van der Waals surface area contributed by atoms with Gasteiger partial charge in [-0.25, -0.2) is 8.78 Å². The van der Waals surface area contributed by atoms with Crippen molar-refractivity contribution in [1.82, 2.24) is 0 Å². The molecule has 5 heteroatoms. The molecule has 1 heterocycles. The van der Waals surface area contributed by atoms with Crippen LogP contribution in [-0.2, 0) is 10.7 Å². The fourth-order valence-electron chi connectivity index (χ4n) is 1.61. The molecule has 1 aliphatic heterocycles. The van der Waals surface area contributed by atoms with Crippen molar-refractivity contribution in [2.45, 2.75) is 18.5 Å². The van der Waals surface area contributed by atoms with E-state index in [1.165, 1.54) is 24.3 Å². The second-order valence-corrected chi connectivity index (χ2v) is 3.84. The van der Waals surface area contributed by atoms with Crippen LogP contribution in [0.4, 0.5) is 17.6 Å². The quantitative estimate of drug-likeness (QED) is 0.728. The second-order valence-electron chi connectivity index (χ2n) is 3.84. The molecule has 0 bridgehead atoms. The Hall–Kier alpha value is -1.10. The van der Waals surface area contributed by atoms with Gasteiger partial charge < -0.3 is 4.74 Å². The van der Waals surface area contributed by atoms with Crippen molar-refractivity contribution in [2.75, 3.05) is 6.61 Å². The minimum atomic E-state index is -3.40. The molecule has 2 rings (SSSR count). The van der Waals surface area contributed by atoms with Gasteiger partial charge >= 0.3 is 6.11 Å². The molecule has 1 atom stereocenters. The fraction of sp³-hybridized carbons (Fsp3) is 0.455. The normalized spacial score (nSPS) is 23.9. The number of alkyl halides is 4. The zero-order valence-corrected chi connectivity index (χ0v) is 8.30. The summed E-state index contributed by atoms with van der Waals surface area (Å²) in [5.41, 5.74) is -0.238. The van der Waals surface area contributed by atoms with E-state index in [1.807, 2.05) is 0 Å². The summed E-state index contributed by atoms with van der Waals surface area (Å²) in [6.45, 7) is -0.310. The number of hydrogen-bond acceptors (Lipinski definition) is 1. The lowest BCUT2D eigenvalue weighted by molar-refractivity contribution is -0.366. The van der Waals surface area contributed by atoms with Gasteiger partial charge in [-0.05, 0) is 0 Å². The van der Waals surface area contributed by atoms with E-state index in [0.717, 1.165) is 0 Å². The molecule has 1 aliphatic rings. The van der Waals surface area contributed by atoms with E-state index in [4.69, 9.17) is 0 Å². The smallest absolute Gasteiger partial charge is 0.320 e. The molecule has 88 valence electrons. The molecule has 0 N–H and O–H groups in total. The average molecular weight is 234 g/mol. The van der Waals surface area contributed by atoms with Crippen molar-refractivity contribution in [1.29, 1.82) is 0 Å². The predicted octanol–water partition coefficient (Wildman–Crippen LogP) is 3.41. The van der Waals surface area contributed by atoms with E-state index < -0.39 is 24.4 Å². The van der Waals surface area contributed by atoms with Crippen LogP contribution >= 0.6 is 0 Å². The summed E-state index contributed by atoms with van der Waals surface area (Å²) >= 11 is 0. The number of halogens is 4. The Bertz CT molecular complexity index is 364. The van der Waals surface area contributed by atoms with Crippen LogP contribution in [0.3, 0.4) is 0 Å². The molecule has 0 aromatic heterocycles. The highest BCUT2D eigenvalue weighted by Gasteiger charge is 2.54. The van der Waals surface area contributed by atoms with Crippen molar-refractivity contribution in [3.05, 3.63) is 35.9 Å². The highest BCUT2D eigenvalue weighted by molar-refractivity contribution is 5.20. The Morgan fingerprint density at radius 1 is 1.25 bits per heavy atom. The number of rotatable bonds is 3. The summed E-state index contributed by atoms with van der Waals surface area (Å²) in [6.07, 6.45) is -4.29. The highest BCUT2D eigenvalue weighted by Crippen LogP contribution is 2.45. The first-order valence-corrected chi connectivity index (χ1v) is 4.87. The van der Waals surface area contributed by atoms with Crippen LogP contribution in [0, 0.1) is 5.92 Å². The molecule has 0 amide bonds. The molecule has 1 unspecified atom stereocenters. The molecule has 1 aromatic carbocycles. The zero-order valence-electron chi connectivity index (χ0n) is 8.30. The van der Waals surface area contributed by atoms with Crippen molar-refractivity contribution in [3.8, 4) is 0 Å². The molecule has 1 nitrogen and oxygen atoms in total. The predicted molar refractivity (Wildman–Crippen MR) is 49.3 cm³/mol. The summed E-state index contributed by atoms with van der Waals surface area (Å²) in [7, 11) is 0. The van der Waals surface area contributed by atoms with Crippen LogP contribution in [0.25, 0.3) is 0 Å². The van der Waals surface area contributed by atoms with Crippen LogP contribution in [0.15, 0.2) is 30.3 Å². The lowest BCUT2D eigenvalue weighted by Gasteiger charge is -2.37. The number of hydrogen-bond donors (Lipinski definition) is 0. The second kappa shape index (κ2) is 3.73. The Morgan fingerprint density at radius 2 is 1.88 bits per heavy atom. The van der Waals surface area contributed by atoms with Gasteiger partial charge in [-0.15, -0.1) is 0 Å². The first-order chi connectivity index (χ1) is 7.42. The topological polar surface area (TPSA) is 9.23 Å². The Kier molecular flexibility index (Phi) is 2.66. The molecule has 0 aliphatic carbocycles. The molecule has 1 saturated heterocycles. The van der Waals surface area contributed by atoms with E-state index >= 15 is 0 Å². The van der Waals surface area contributed by atoms with Gasteiger partial charge in [-0.2, -0.15) is 8.78 Å². The summed E-state index contributed by atoms with van der Waals surface area (Å²) < 4.78 is 56.5. The molecule has 1 fully saturated rings. The SMILES string of the molecule is FC(F)(CC1COC1(F)F)c1ccccc1. The summed E-state index contributed by atoms with van der Waals surface area (Å²) in [6, 6.07) is 6.98. The molecule has 0 saturated carbocycles. The zero-order chi connectivity index (χ0) is 11.8. The Labute approximate surface area is 90.0 Å². The summed E-state index contributed by atoms with van der Waals surface area (Å²) in [4.78, 5) is 0. The van der Waals surface area contributed by atoms with Crippen molar-refractivity contribution >= 4 is 0 Å². The van der Waals surface area contributed by atoms with Gasteiger partial charge in [0.15, 0.2) is 0 Å². The standard InChI is InChI=1S/C11H10F4O/c12-10(13,8-4-2-1-3-5-8)6-9-7-16-11(9,14)15/h1-5,9H,6-7H2. The van der Waals surface area contributed by atoms with Crippen molar-refractivity contribution in [3.63, 3.8) is 0 Å². The monoisotopic (exact) mass is 234 g/mol. The Morgan fingerprint density at radius 3 is 2.31 bits per heavy atom. The number of benzene rings is 1. The summed E-state index contributed by atoms with van der Waals surface area (Å²) in [5.74, 6) is -4.64. The van der Waals surface area contributed by atoms with Gasteiger partial charge in [0, 0.05) is 12.0 Å². The van der Waals surface area contributed by atoms with Crippen LogP contribution in [0.1, 0.15) is 12.0 Å². The van der Waals surface area contributed by atoms with E-state index in [2.05, 4.69) is 4.74 Å². The minimum absolute atomic E-state index is 0.238. The van der Waals surface area contributed by atoms with Crippen LogP contribution in [0.2, 0.25) is 0 Å². The third kappa shape index (κ3) is 2.04. The van der Waals surface area contributed by atoms with Crippen LogP contribution in [0.5, 0.6) is 0 Å². The lowest BCUT2D eigenvalue weighted by Crippen LogP contribution is -2.48. The van der Waals surface area contributed by atoms with Gasteiger partial charge in [0.1, 0.15) is 0 Å². The third-order valence-corrected chi connectivity index (χ3v) is 2.65. The van der Waals surface area contributed by atoms with Crippen molar-refractivity contribution in [2.24, 2.45) is 5.92 Å². The van der Waals surface area contributed by atoms with Gasteiger partial charge in [-0.3, -0.25) is 0 Å². The third-order valence-electron chi connectivity index (χ3n) is 2.65. The maximum atomic E-state index is 13.6. The molecular formula is C11H10F4O. The summed E-state index contributed by atoms with van der Waals surface area (Å²) in [5, 5.41) is 0. The minimum Gasteiger partial charge on any atom is -0.320 e. The molecule has 0 spiro atoms. The van der Waals surface area contributed by atoms with E-state index in [9.17, 15) is 17.6 Å². The largest absolute Gasteiger partial charge is 0.361 e. The highest BCUT2D eigenvalue weighted by atomic mass is 19.3. The lowest BCUT2D eigenvalue weighted by atomic mass is 9.93. The van der Waals surface area contributed by atoms with E-state index in [0.29, 0.717) is 0 Å². The van der Waals surface area contributed by atoms with Crippen LogP contribution < -0.4 is 0 Å². The fourth-order valence-corrected chi connectivity index (χ4v) is 1.61. The van der Waals surface area contributed by atoms with Gasteiger partial charge in [0.05, 0.1) is 12.5 Å². The average Bonchev–Trinajstić information content (AvgIpc) is 2.26. The first-order valence-electron chi connectivity index (χ1n) is 4.87. The van der Waals surface area contributed by atoms with Gasteiger partial charge in [0.25, 0.3) is 5.92 Å². The molecule has 16 heavy (non-hydrogen) atoms. The molecule has 1 aromatic rings. The van der Waals surface area contributed by atoms with Gasteiger partial charge in [-0.1, -0.05) is 30.3 Å². The van der Waals surface area contributed by atoms with E-state index in [-0.39, 0.29) is 12.2 Å². The maximum absolute atomic E-state index is 13.6.